The minimum atomic E-state index is 0.288. The standard InChI is InChI=1S/C14H24N2O2/c1-10-11(2-7-18-10)9-16-13(17)12-8-14(12)3-5-15-6-4-14/h10-12,15H,2-9H2,1H3,(H,16,17). The van der Waals surface area contributed by atoms with Gasteiger partial charge in [-0.25, -0.2) is 0 Å². The number of carbonyl (C=O) groups is 1. The van der Waals surface area contributed by atoms with E-state index in [0.717, 1.165) is 39.1 Å². The van der Waals surface area contributed by atoms with Crippen molar-refractivity contribution in [1.29, 1.82) is 0 Å². The monoisotopic (exact) mass is 252 g/mol. The van der Waals surface area contributed by atoms with Gasteiger partial charge < -0.3 is 15.4 Å². The largest absolute Gasteiger partial charge is 0.378 e. The van der Waals surface area contributed by atoms with Crippen LogP contribution in [0.3, 0.4) is 0 Å². The first kappa shape index (κ1) is 12.4. The molecule has 3 aliphatic rings. The van der Waals surface area contributed by atoms with Gasteiger partial charge in [0.1, 0.15) is 0 Å². The highest BCUT2D eigenvalue weighted by molar-refractivity contribution is 5.82. The molecule has 2 saturated heterocycles. The van der Waals surface area contributed by atoms with Gasteiger partial charge in [0.05, 0.1) is 6.10 Å². The average molecular weight is 252 g/mol. The van der Waals surface area contributed by atoms with Gasteiger partial charge >= 0.3 is 0 Å². The van der Waals surface area contributed by atoms with Crippen molar-refractivity contribution in [3.63, 3.8) is 0 Å². The molecule has 0 aromatic heterocycles. The summed E-state index contributed by atoms with van der Waals surface area (Å²) in [7, 11) is 0. The number of rotatable bonds is 3. The predicted octanol–water partition coefficient (Wildman–Crippen LogP) is 0.917. The maximum Gasteiger partial charge on any atom is 0.223 e. The molecule has 0 bridgehead atoms. The molecule has 18 heavy (non-hydrogen) atoms. The van der Waals surface area contributed by atoms with E-state index in [1.807, 2.05) is 0 Å². The summed E-state index contributed by atoms with van der Waals surface area (Å²) in [5.41, 5.74) is 0.354. The van der Waals surface area contributed by atoms with Gasteiger partial charge in [0.2, 0.25) is 5.91 Å². The first-order valence-electron chi connectivity index (χ1n) is 7.31. The topological polar surface area (TPSA) is 50.4 Å². The lowest BCUT2D eigenvalue weighted by Gasteiger charge is -2.23. The van der Waals surface area contributed by atoms with Crippen LogP contribution in [-0.4, -0.2) is 38.3 Å². The summed E-state index contributed by atoms with van der Waals surface area (Å²) in [6, 6.07) is 0. The lowest BCUT2D eigenvalue weighted by molar-refractivity contribution is -0.123. The van der Waals surface area contributed by atoms with Crippen LogP contribution in [0.5, 0.6) is 0 Å². The number of amides is 1. The second-order valence-electron chi connectivity index (χ2n) is 6.24. The van der Waals surface area contributed by atoms with Crippen LogP contribution in [0.1, 0.15) is 32.6 Å². The van der Waals surface area contributed by atoms with E-state index in [1.54, 1.807) is 0 Å². The number of ether oxygens (including phenoxy) is 1. The quantitative estimate of drug-likeness (QED) is 0.785. The molecule has 0 aromatic carbocycles. The van der Waals surface area contributed by atoms with Crippen LogP contribution < -0.4 is 10.6 Å². The molecule has 3 rings (SSSR count). The van der Waals surface area contributed by atoms with E-state index in [2.05, 4.69) is 17.6 Å². The molecule has 4 heteroatoms. The Morgan fingerprint density at radius 1 is 1.44 bits per heavy atom. The number of carbonyl (C=O) groups excluding carboxylic acids is 1. The van der Waals surface area contributed by atoms with Crippen molar-refractivity contribution in [3.8, 4) is 0 Å². The Hall–Kier alpha value is -0.610. The first-order chi connectivity index (χ1) is 8.71. The van der Waals surface area contributed by atoms with Crippen LogP contribution in [0.4, 0.5) is 0 Å². The summed E-state index contributed by atoms with van der Waals surface area (Å²) < 4.78 is 5.52. The average Bonchev–Trinajstić information content (AvgIpc) is 2.90. The third-order valence-corrected chi connectivity index (χ3v) is 5.18. The summed E-state index contributed by atoms with van der Waals surface area (Å²) >= 11 is 0. The molecule has 3 atom stereocenters. The van der Waals surface area contributed by atoms with E-state index in [0.29, 0.717) is 17.4 Å². The van der Waals surface area contributed by atoms with Crippen LogP contribution in [0, 0.1) is 17.3 Å². The van der Waals surface area contributed by atoms with Gasteiger partial charge in [-0.05, 0) is 51.1 Å². The number of nitrogens with one attached hydrogen (secondary N) is 2. The lowest BCUT2D eigenvalue weighted by Crippen LogP contribution is -2.36. The van der Waals surface area contributed by atoms with Gasteiger partial charge in [-0.1, -0.05) is 0 Å². The van der Waals surface area contributed by atoms with Crippen LogP contribution >= 0.6 is 0 Å². The molecule has 1 aliphatic carbocycles. The van der Waals surface area contributed by atoms with Gasteiger partial charge in [0.25, 0.3) is 0 Å². The molecule has 102 valence electrons. The lowest BCUT2D eigenvalue weighted by atomic mass is 9.91. The zero-order valence-electron chi connectivity index (χ0n) is 11.2. The fourth-order valence-corrected chi connectivity index (χ4v) is 3.59. The van der Waals surface area contributed by atoms with Gasteiger partial charge in [-0.2, -0.15) is 0 Å². The second kappa shape index (κ2) is 4.82. The van der Waals surface area contributed by atoms with Crippen molar-refractivity contribution < 1.29 is 9.53 Å². The number of hydrogen-bond donors (Lipinski definition) is 2. The van der Waals surface area contributed by atoms with Crippen molar-refractivity contribution in [2.45, 2.75) is 38.7 Å². The molecule has 2 N–H and O–H groups in total. The minimum absolute atomic E-state index is 0.288. The molecular weight excluding hydrogens is 228 g/mol. The molecular formula is C14H24N2O2. The summed E-state index contributed by atoms with van der Waals surface area (Å²) in [4.78, 5) is 12.2. The molecule has 1 saturated carbocycles. The number of piperidine rings is 1. The smallest absolute Gasteiger partial charge is 0.223 e. The van der Waals surface area contributed by atoms with E-state index in [9.17, 15) is 4.79 Å². The van der Waals surface area contributed by atoms with Crippen LogP contribution in [0.2, 0.25) is 0 Å². The fourth-order valence-electron chi connectivity index (χ4n) is 3.59. The van der Waals surface area contributed by atoms with E-state index in [-0.39, 0.29) is 11.8 Å². The second-order valence-corrected chi connectivity index (χ2v) is 6.24. The zero-order chi connectivity index (χ0) is 12.6. The van der Waals surface area contributed by atoms with E-state index in [4.69, 9.17) is 4.74 Å². The summed E-state index contributed by atoms with van der Waals surface area (Å²) in [5, 5.41) is 6.52. The first-order valence-corrected chi connectivity index (χ1v) is 7.31. The van der Waals surface area contributed by atoms with Gasteiger partial charge in [-0.3, -0.25) is 4.79 Å². The minimum Gasteiger partial charge on any atom is -0.378 e. The Bertz CT molecular complexity index is 326. The summed E-state index contributed by atoms with van der Waals surface area (Å²) in [6.45, 7) is 5.91. The predicted molar refractivity (Wildman–Crippen MR) is 69.2 cm³/mol. The third-order valence-electron chi connectivity index (χ3n) is 5.18. The Kier molecular flexibility index (Phi) is 3.32. The molecule has 3 unspecified atom stereocenters. The molecule has 1 amide bonds. The van der Waals surface area contributed by atoms with Crippen molar-refractivity contribution >= 4 is 5.91 Å². The van der Waals surface area contributed by atoms with Crippen molar-refractivity contribution in [1.82, 2.24) is 10.6 Å². The maximum absolute atomic E-state index is 12.2. The SMILES string of the molecule is CC1OCCC1CNC(=O)C1CC12CCNCC2. The highest BCUT2D eigenvalue weighted by Gasteiger charge is 2.57. The van der Waals surface area contributed by atoms with Gasteiger partial charge in [0, 0.05) is 25.0 Å². The summed E-state index contributed by atoms with van der Waals surface area (Å²) in [6.07, 6.45) is 4.85. The summed E-state index contributed by atoms with van der Waals surface area (Å²) in [5.74, 6) is 1.09. The molecule has 0 aromatic rings. The Morgan fingerprint density at radius 3 is 2.89 bits per heavy atom. The fraction of sp³-hybridized carbons (Fsp3) is 0.929. The van der Waals surface area contributed by atoms with Crippen molar-refractivity contribution in [2.75, 3.05) is 26.2 Å². The Balaban J connectivity index is 1.45. The molecule has 0 radical (unpaired) electrons. The number of hydrogen-bond acceptors (Lipinski definition) is 3. The Labute approximate surface area is 109 Å². The van der Waals surface area contributed by atoms with Crippen LogP contribution in [-0.2, 0) is 9.53 Å². The van der Waals surface area contributed by atoms with Crippen molar-refractivity contribution in [3.05, 3.63) is 0 Å². The molecule has 2 aliphatic heterocycles. The molecule has 4 nitrogen and oxygen atoms in total. The highest BCUT2D eigenvalue weighted by atomic mass is 16.5. The Morgan fingerprint density at radius 2 is 2.22 bits per heavy atom. The van der Waals surface area contributed by atoms with Crippen LogP contribution in [0.25, 0.3) is 0 Å². The normalized spacial score (nSPS) is 37.7. The van der Waals surface area contributed by atoms with Crippen LogP contribution in [0.15, 0.2) is 0 Å². The van der Waals surface area contributed by atoms with E-state index < -0.39 is 0 Å². The zero-order valence-corrected chi connectivity index (χ0v) is 11.2. The maximum atomic E-state index is 12.2. The third kappa shape index (κ3) is 2.28. The van der Waals surface area contributed by atoms with Gasteiger partial charge in [0.15, 0.2) is 0 Å². The van der Waals surface area contributed by atoms with E-state index in [1.165, 1.54) is 12.8 Å². The molecule has 2 heterocycles. The van der Waals surface area contributed by atoms with Crippen molar-refractivity contribution in [2.24, 2.45) is 17.3 Å². The van der Waals surface area contributed by atoms with Gasteiger partial charge in [-0.15, -0.1) is 0 Å². The molecule has 1 spiro atoms. The van der Waals surface area contributed by atoms with E-state index >= 15 is 0 Å². The molecule has 3 fully saturated rings. The highest BCUT2D eigenvalue weighted by Crippen LogP contribution is 2.58.